The molecule has 0 amide bonds. The molecule has 0 bridgehead atoms. The number of anilines is 1. The Labute approximate surface area is 122 Å². The highest BCUT2D eigenvalue weighted by molar-refractivity contribution is 5.96. The number of ether oxygens (including phenoxy) is 1. The molecule has 0 spiro atoms. The smallest absolute Gasteiger partial charge is 0.357 e. The van der Waals surface area contributed by atoms with Crippen LogP contribution in [0.2, 0.25) is 0 Å². The molecule has 0 aliphatic heterocycles. The topological polar surface area (TPSA) is 101 Å². The van der Waals surface area contributed by atoms with Crippen LogP contribution < -0.4 is 5.73 Å². The molecule has 0 atom stereocenters. The summed E-state index contributed by atoms with van der Waals surface area (Å²) in [7, 11) is 1.25. The minimum atomic E-state index is -0.626. The Kier molecular flexibility index (Phi) is 3.59. The molecule has 1 heterocycles. The Morgan fingerprint density at radius 2 is 2.05 bits per heavy atom. The van der Waals surface area contributed by atoms with E-state index in [0.717, 1.165) is 5.56 Å². The Morgan fingerprint density at radius 1 is 1.38 bits per heavy atom. The number of phenols is 1. The van der Waals surface area contributed by atoms with E-state index in [1.807, 2.05) is 13.0 Å². The zero-order valence-electron chi connectivity index (χ0n) is 12.0. The molecule has 1 aromatic carbocycles. The molecule has 0 aliphatic carbocycles. The van der Waals surface area contributed by atoms with E-state index in [1.165, 1.54) is 23.9 Å². The van der Waals surface area contributed by atoms with E-state index in [4.69, 9.17) is 15.7 Å². The molecular weight excluding hydrogens is 270 g/mol. The number of hydrogen-bond donors (Lipinski definition) is 2. The third-order valence-electron chi connectivity index (χ3n) is 3.53. The predicted octanol–water partition coefficient (Wildman–Crippen LogP) is 2.04. The Balaban J connectivity index is 2.79. The molecule has 108 valence electrons. The van der Waals surface area contributed by atoms with Crippen molar-refractivity contribution in [2.75, 3.05) is 12.8 Å². The number of aromatic nitrogens is 1. The highest BCUT2D eigenvalue weighted by Crippen LogP contribution is 2.30. The van der Waals surface area contributed by atoms with Gasteiger partial charge in [-0.1, -0.05) is 0 Å². The largest absolute Gasteiger partial charge is 0.508 e. The van der Waals surface area contributed by atoms with Gasteiger partial charge < -0.3 is 20.1 Å². The van der Waals surface area contributed by atoms with Crippen LogP contribution in [0.1, 0.15) is 27.2 Å². The van der Waals surface area contributed by atoms with Gasteiger partial charge in [-0.2, -0.15) is 5.26 Å². The summed E-state index contributed by atoms with van der Waals surface area (Å²) in [5.41, 5.74) is 8.34. The summed E-state index contributed by atoms with van der Waals surface area (Å²) in [5, 5.41) is 18.8. The molecule has 3 N–H and O–H groups in total. The summed E-state index contributed by atoms with van der Waals surface area (Å²) >= 11 is 0. The number of esters is 1. The van der Waals surface area contributed by atoms with Crippen LogP contribution in [0.3, 0.4) is 0 Å². The maximum absolute atomic E-state index is 11.9. The van der Waals surface area contributed by atoms with Gasteiger partial charge in [-0.25, -0.2) is 4.79 Å². The Bertz CT molecular complexity index is 769. The second kappa shape index (κ2) is 5.21. The summed E-state index contributed by atoms with van der Waals surface area (Å²) in [6.07, 6.45) is 1.49. The van der Waals surface area contributed by atoms with Gasteiger partial charge in [0.1, 0.15) is 11.8 Å². The molecule has 2 rings (SSSR count). The number of methoxy groups -OCH3 is 1. The van der Waals surface area contributed by atoms with E-state index < -0.39 is 5.97 Å². The minimum Gasteiger partial charge on any atom is -0.508 e. The maximum atomic E-state index is 11.9. The zero-order chi connectivity index (χ0) is 15.7. The summed E-state index contributed by atoms with van der Waals surface area (Å²) < 4.78 is 6.25. The number of nitrogens with two attached hydrogens (primary N) is 1. The quantitative estimate of drug-likeness (QED) is 0.822. The Morgan fingerprint density at radius 3 is 2.62 bits per heavy atom. The summed E-state index contributed by atoms with van der Waals surface area (Å²) in [4.78, 5) is 11.9. The molecular formula is C15H15N3O3. The van der Waals surface area contributed by atoms with Gasteiger partial charge in [0.25, 0.3) is 0 Å². The van der Waals surface area contributed by atoms with Crippen molar-refractivity contribution in [2.45, 2.75) is 13.8 Å². The molecule has 0 aliphatic rings. The van der Waals surface area contributed by atoms with Crippen molar-refractivity contribution in [1.82, 2.24) is 4.57 Å². The first-order chi connectivity index (χ1) is 9.92. The number of nitrogens with zero attached hydrogens (tertiary/aromatic N) is 2. The van der Waals surface area contributed by atoms with Crippen molar-refractivity contribution < 1.29 is 14.6 Å². The van der Waals surface area contributed by atoms with Crippen LogP contribution in [0, 0.1) is 25.2 Å². The molecule has 2 aromatic rings. The van der Waals surface area contributed by atoms with Crippen molar-refractivity contribution >= 4 is 11.7 Å². The second-order valence-corrected chi connectivity index (χ2v) is 4.63. The van der Waals surface area contributed by atoms with Gasteiger partial charge in [0.15, 0.2) is 5.69 Å². The lowest BCUT2D eigenvalue weighted by atomic mass is 10.1. The predicted molar refractivity (Wildman–Crippen MR) is 77.4 cm³/mol. The lowest BCUT2D eigenvalue weighted by molar-refractivity contribution is 0.0593. The second-order valence-electron chi connectivity index (χ2n) is 4.63. The molecule has 21 heavy (non-hydrogen) atoms. The maximum Gasteiger partial charge on any atom is 0.357 e. The van der Waals surface area contributed by atoms with Gasteiger partial charge in [-0.15, -0.1) is 0 Å². The molecule has 0 unspecified atom stereocenters. The minimum absolute atomic E-state index is 0.0782. The van der Waals surface area contributed by atoms with Gasteiger partial charge in [-0.05, 0) is 37.1 Å². The molecule has 0 fully saturated rings. The normalized spacial score (nSPS) is 10.2. The fourth-order valence-corrected chi connectivity index (χ4v) is 2.16. The van der Waals surface area contributed by atoms with E-state index in [0.29, 0.717) is 11.3 Å². The van der Waals surface area contributed by atoms with E-state index in [9.17, 15) is 9.90 Å². The first-order valence-corrected chi connectivity index (χ1v) is 6.21. The molecule has 0 saturated carbocycles. The van der Waals surface area contributed by atoms with Gasteiger partial charge >= 0.3 is 5.97 Å². The van der Waals surface area contributed by atoms with Crippen molar-refractivity contribution in [3.05, 3.63) is 40.7 Å². The number of carbonyl (C=O) groups excluding carboxylic acids is 1. The highest BCUT2D eigenvalue weighted by atomic mass is 16.5. The highest BCUT2D eigenvalue weighted by Gasteiger charge is 2.22. The molecule has 0 radical (unpaired) electrons. The van der Waals surface area contributed by atoms with Crippen molar-refractivity contribution in [2.24, 2.45) is 0 Å². The van der Waals surface area contributed by atoms with Crippen LogP contribution in [0.15, 0.2) is 18.3 Å². The SMILES string of the molecule is COC(=O)c1c(N)c(C#N)cn1-c1ccc(O)c(C)c1C. The lowest BCUT2D eigenvalue weighted by Gasteiger charge is -2.14. The third kappa shape index (κ3) is 2.19. The van der Waals surface area contributed by atoms with Gasteiger partial charge in [0.05, 0.1) is 18.4 Å². The first-order valence-electron chi connectivity index (χ1n) is 6.21. The van der Waals surface area contributed by atoms with E-state index >= 15 is 0 Å². The average Bonchev–Trinajstić information content (AvgIpc) is 2.80. The number of hydrogen-bond acceptors (Lipinski definition) is 5. The third-order valence-corrected chi connectivity index (χ3v) is 3.53. The summed E-state index contributed by atoms with van der Waals surface area (Å²) in [6, 6.07) is 5.13. The number of carbonyl (C=O) groups is 1. The first kappa shape index (κ1) is 14.5. The number of aromatic hydroxyl groups is 1. The zero-order valence-corrected chi connectivity index (χ0v) is 12.0. The average molecular weight is 285 g/mol. The fraction of sp³-hybridized carbons (Fsp3) is 0.200. The van der Waals surface area contributed by atoms with Crippen molar-refractivity contribution in [3.8, 4) is 17.5 Å². The number of nitrogen functional groups attached to an aromatic ring is 1. The van der Waals surface area contributed by atoms with E-state index in [-0.39, 0.29) is 22.7 Å². The number of nitriles is 1. The van der Waals surface area contributed by atoms with Crippen LogP contribution in [-0.2, 0) is 4.74 Å². The van der Waals surface area contributed by atoms with Gasteiger partial charge in [-0.3, -0.25) is 0 Å². The molecule has 6 heteroatoms. The number of benzene rings is 1. The van der Waals surface area contributed by atoms with Crippen LogP contribution in [0.5, 0.6) is 5.75 Å². The van der Waals surface area contributed by atoms with Crippen molar-refractivity contribution in [1.29, 1.82) is 5.26 Å². The van der Waals surface area contributed by atoms with E-state index in [2.05, 4.69) is 0 Å². The number of rotatable bonds is 2. The van der Waals surface area contributed by atoms with Crippen LogP contribution >= 0.6 is 0 Å². The monoisotopic (exact) mass is 285 g/mol. The molecule has 0 saturated heterocycles. The van der Waals surface area contributed by atoms with Gasteiger partial charge in [0.2, 0.25) is 0 Å². The van der Waals surface area contributed by atoms with Gasteiger partial charge in [0, 0.05) is 11.9 Å². The Hall–Kier alpha value is -2.94. The van der Waals surface area contributed by atoms with Crippen LogP contribution in [0.4, 0.5) is 5.69 Å². The summed E-state index contributed by atoms with van der Waals surface area (Å²) in [5.74, 6) is -0.462. The molecule has 6 nitrogen and oxygen atoms in total. The molecule has 1 aromatic heterocycles. The number of phenolic OH excluding ortho intramolecular Hbond substituents is 1. The van der Waals surface area contributed by atoms with E-state index in [1.54, 1.807) is 13.0 Å². The standard InChI is InChI=1S/C15H15N3O3/c1-8-9(2)12(19)5-4-11(8)18-7-10(6-16)13(17)14(18)15(20)21-3/h4-5,7,19H,17H2,1-3H3. The fourth-order valence-electron chi connectivity index (χ4n) is 2.16. The van der Waals surface area contributed by atoms with Crippen LogP contribution in [-0.4, -0.2) is 22.8 Å². The summed E-state index contributed by atoms with van der Waals surface area (Å²) in [6.45, 7) is 3.58. The lowest BCUT2D eigenvalue weighted by Crippen LogP contribution is -2.12. The van der Waals surface area contributed by atoms with Crippen molar-refractivity contribution in [3.63, 3.8) is 0 Å². The van der Waals surface area contributed by atoms with Crippen LogP contribution in [0.25, 0.3) is 5.69 Å².